The Bertz CT molecular complexity index is 864. The maximum Gasteiger partial charge on any atom is 0.221 e. The van der Waals surface area contributed by atoms with Crippen LogP contribution >= 0.6 is 22.7 Å². The van der Waals surface area contributed by atoms with Gasteiger partial charge in [-0.25, -0.2) is 4.98 Å². The van der Waals surface area contributed by atoms with Crippen molar-refractivity contribution in [2.75, 3.05) is 11.9 Å². The average molecular weight is 374 g/mol. The maximum absolute atomic E-state index is 11.6. The lowest BCUT2D eigenvalue weighted by Gasteiger charge is -2.20. The third-order valence-corrected chi connectivity index (χ3v) is 6.44. The molecule has 0 fully saturated rings. The third kappa shape index (κ3) is 3.47. The highest BCUT2D eigenvalue weighted by Crippen LogP contribution is 2.46. The first-order chi connectivity index (χ1) is 12.1. The summed E-state index contributed by atoms with van der Waals surface area (Å²) in [6.45, 7) is 8.69. The molecule has 6 heteroatoms. The summed E-state index contributed by atoms with van der Waals surface area (Å²) >= 11 is 3.37. The number of thiophene rings is 1. The summed E-state index contributed by atoms with van der Waals surface area (Å²) in [5.74, 6) is -0.0356. The largest absolute Gasteiger partial charge is 0.317 e. The number of rotatable bonds is 2. The molecule has 132 valence electrons. The van der Waals surface area contributed by atoms with Crippen molar-refractivity contribution >= 4 is 43.8 Å². The van der Waals surface area contributed by atoms with E-state index in [4.69, 9.17) is 4.98 Å². The highest BCUT2D eigenvalue weighted by molar-refractivity contribution is 7.23. The van der Waals surface area contributed by atoms with Crippen LogP contribution in [0.5, 0.6) is 0 Å². The van der Waals surface area contributed by atoms with Gasteiger partial charge in [0.25, 0.3) is 0 Å². The molecule has 0 saturated heterocycles. The summed E-state index contributed by atoms with van der Waals surface area (Å²) in [5, 5.41) is 8.43. The van der Waals surface area contributed by atoms with E-state index in [-0.39, 0.29) is 5.91 Å². The molecular weight excluding hydrogens is 350 g/mol. The Morgan fingerprint density at radius 3 is 2.76 bits per heavy atom. The van der Waals surface area contributed by atoms with Gasteiger partial charge in [0.1, 0.15) is 10.0 Å². The van der Waals surface area contributed by atoms with Crippen LogP contribution in [0.3, 0.4) is 0 Å². The number of carbonyl (C=O) groups is 1. The highest BCUT2D eigenvalue weighted by Gasteiger charge is 2.27. The molecule has 2 N–H and O–H groups in total. The van der Waals surface area contributed by atoms with Crippen molar-refractivity contribution in [2.24, 2.45) is 0 Å². The predicted octanol–water partition coefficient (Wildman–Crippen LogP) is 5.22. The second kappa shape index (κ2) is 7.64. The van der Waals surface area contributed by atoms with Gasteiger partial charge in [-0.1, -0.05) is 26.0 Å². The molecule has 0 spiro atoms. The molecular formula is C19H23N3OS2. The minimum absolute atomic E-state index is 0.0356. The van der Waals surface area contributed by atoms with E-state index in [1.54, 1.807) is 29.6 Å². The SMILES string of the molecule is CC.CC(=O)Nc1sc2c(c1-c1nc3ccccc3s1)CCNC2C. The van der Waals surface area contributed by atoms with Gasteiger partial charge in [-0.2, -0.15) is 0 Å². The summed E-state index contributed by atoms with van der Waals surface area (Å²) < 4.78 is 1.18. The van der Waals surface area contributed by atoms with Crippen molar-refractivity contribution in [3.8, 4) is 10.6 Å². The van der Waals surface area contributed by atoms with Gasteiger partial charge in [0.05, 0.1) is 10.2 Å². The molecule has 3 heterocycles. The average Bonchev–Trinajstić information content (AvgIpc) is 3.17. The molecule has 0 radical (unpaired) electrons. The van der Waals surface area contributed by atoms with Crippen LogP contribution in [-0.2, 0) is 11.2 Å². The van der Waals surface area contributed by atoms with Crippen LogP contribution in [0.25, 0.3) is 20.8 Å². The van der Waals surface area contributed by atoms with Gasteiger partial charge < -0.3 is 10.6 Å². The Kier molecular flexibility index (Phi) is 5.51. The minimum Gasteiger partial charge on any atom is -0.317 e. The molecule has 1 aromatic carbocycles. The number of aromatic nitrogens is 1. The Morgan fingerprint density at radius 2 is 2.04 bits per heavy atom. The Labute approximate surface area is 156 Å². The first-order valence-corrected chi connectivity index (χ1v) is 10.3. The third-order valence-electron chi connectivity index (χ3n) is 4.05. The van der Waals surface area contributed by atoms with E-state index < -0.39 is 0 Å². The van der Waals surface area contributed by atoms with Gasteiger partial charge in [-0.15, -0.1) is 22.7 Å². The number of carbonyl (C=O) groups excluding carboxylic acids is 1. The summed E-state index contributed by atoms with van der Waals surface area (Å²) in [6.07, 6.45) is 0.973. The van der Waals surface area contributed by atoms with Crippen molar-refractivity contribution in [3.05, 3.63) is 34.7 Å². The smallest absolute Gasteiger partial charge is 0.221 e. The first-order valence-electron chi connectivity index (χ1n) is 8.66. The molecule has 25 heavy (non-hydrogen) atoms. The standard InChI is InChI=1S/C17H17N3OS2.C2H6/c1-9-15-11(7-8-18-9)14(16(23-15)19-10(2)21)17-20-12-5-3-4-6-13(12)22-17;1-2/h3-6,9,18H,7-8H2,1-2H3,(H,19,21);1-2H3. The molecule has 0 bridgehead atoms. The van der Waals surface area contributed by atoms with Gasteiger partial charge in [-0.05, 0) is 37.6 Å². The van der Waals surface area contributed by atoms with Crippen molar-refractivity contribution in [2.45, 2.75) is 40.2 Å². The van der Waals surface area contributed by atoms with Crippen molar-refractivity contribution < 1.29 is 4.79 Å². The zero-order valence-electron chi connectivity index (χ0n) is 15.0. The van der Waals surface area contributed by atoms with E-state index in [1.165, 1.54) is 15.1 Å². The van der Waals surface area contributed by atoms with E-state index >= 15 is 0 Å². The number of nitrogens with zero attached hydrogens (tertiary/aromatic N) is 1. The number of nitrogens with one attached hydrogen (secondary N) is 2. The van der Waals surface area contributed by atoms with Crippen LogP contribution < -0.4 is 10.6 Å². The van der Waals surface area contributed by atoms with E-state index in [2.05, 4.69) is 23.6 Å². The number of benzene rings is 1. The molecule has 4 rings (SSSR count). The number of anilines is 1. The lowest BCUT2D eigenvalue weighted by molar-refractivity contribution is -0.114. The van der Waals surface area contributed by atoms with Crippen LogP contribution in [0.4, 0.5) is 5.00 Å². The Hall–Kier alpha value is -1.76. The van der Waals surface area contributed by atoms with Crippen LogP contribution in [0.1, 0.15) is 44.2 Å². The van der Waals surface area contributed by atoms with Gasteiger partial charge in [0.15, 0.2) is 0 Å². The highest BCUT2D eigenvalue weighted by atomic mass is 32.1. The molecule has 2 aromatic heterocycles. The zero-order chi connectivity index (χ0) is 18.0. The molecule has 1 amide bonds. The van der Waals surface area contributed by atoms with Gasteiger partial charge in [0, 0.05) is 23.4 Å². The van der Waals surface area contributed by atoms with Gasteiger partial charge >= 0.3 is 0 Å². The van der Waals surface area contributed by atoms with Crippen molar-refractivity contribution in [1.82, 2.24) is 10.3 Å². The fourth-order valence-electron chi connectivity index (χ4n) is 3.04. The molecule has 3 aromatic rings. The molecule has 1 aliphatic rings. The van der Waals surface area contributed by atoms with Crippen molar-refractivity contribution in [3.63, 3.8) is 0 Å². The number of thiazole rings is 1. The number of fused-ring (bicyclic) bond motifs is 2. The van der Waals surface area contributed by atoms with Crippen LogP contribution in [0, 0.1) is 0 Å². The summed E-state index contributed by atoms with van der Waals surface area (Å²) in [4.78, 5) is 17.8. The molecule has 0 aliphatic carbocycles. The summed E-state index contributed by atoms with van der Waals surface area (Å²) in [7, 11) is 0. The van der Waals surface area contributed by atoms with E-state index in [1.807, 2.05) is 32.0 Å². The van der Waals surface area contributed by atoms with Crippen LogP contribution in [-0.4, -0.2) is 17.4 Å². The Balaban J connectivity index is 0.000000880. The molecule has 0 saturated carbocycles. The number of hydrogen-bond acceptors (Lipinski definition) is 5. The lowest BCUT2D eigenvalue weighted by Crippen LogP contribution is -2.26. The fraction of sp³-hybridized carbons (Fsp3) is 0.368. The first kappa shape index (κ1) is 18.0. The van der Waals surface area contributed by atoms with Crippen LogP contribution in [0.2, 0.25) is 0 Å². The van der Waals surface area contributed by atoms with Crippen molar-refractivity contribution in [1.29, 1.82) is 0 Å². The lowest BCUT2D eigenvalue weighted by atomic mass is 10.0. The minimum atomic E-state index is -0.0356. The monoisotopic (exact) mass is 373 g/mol. The fourth-order valence-corrected chi connectivity index (χ4v) is 5.47. The number of hydrogen-bond donors (Lipinski definition) is 2. The quantitative estimate of drug-likeness (QED) is 0.648. The van der Waals surface area contributed by atoms with Gasteiger partial charge in [0.2, 0.25) is 5.91 Å². The van der Waals surface area contributed by atoms with Crippen LogP contribution in [0.15, 0.2) is 24.3 Å². The van der Waals surface area contributed by atoms with E-state index in [0.29, 0.717) is 6.04 Å². The topological polar surface area (TPSA) is 54.0 Å². The normalized spacial score (nSPS) is 16.1. The van der Waals surface area contributed by atoms with E-state index in [9.17, 15) is 4.79 Å². The Morgan fingerprint density at radius 1 is 1.28 bits per heavy atom. The molecule has 1 aliphatic heterocycles. The second-order valence-electron chi connectivity index (χ2n) is 5.74. The molecule has 1 unspecified atom stereocenters. The summed E-state index contributed by atoms with van der Waals surface area (Å²) in [5.41, 5.74) is 3.47. The molecule has 4 nitrogen and oxygen atoms in total. The second-order valence-corrected chi connectivity index (χ2v) is 7.83. The summed E-state index contributed by atoms with van der Waals surface area (Å²) in [6, 6.07) is 8.50. The molecule has 1 atom stereocenters. The number of amides is 1. The maximum atomic E-state index is 11.6. The zero-order valence-corrected chi connectivity index (χ0v) is 16.6. The predicted molar refractivity (Wildman–Crippen MR) is 109 cm³/mol. The van der Waals surface area contributed by atoms with Gasteiger partial charge in [-0.3, -0.25) is 4.79 Å². The van der Waals surface area contributed by atoms with E-state index in [0.717, 1.165) is 34.1 Å². The number of para-hydroxylation sites is 1.